The van der Waals surface area contributed by atoms with Crippen LogP contribution >= 0.6 is 0 Å². The number of rotatable bonds is 17. The summed E-state index contributed by atoms with van der Waals surface area (Å²) in [5.41, 5.74) is 0.915. The molecule has 2 atom stereocenters. The molecule has 4 N–H and O–H groups in total. The number of carbonyl (C=O) groups is 4. The fourth-order valence-electron chi connectivity index (χ4n) is 3.45. The Hall–Kier alpha value is -3.10. The number of carboxylic acid groups (broad SMARTS) is 4. The lowest BCUT2D eigenvalue weighted by atomic mass is 9.84. The molecule has 9 heteroatoms. The number of ether oxygens (including phenoxy) is 1. The third-order valence-corrected chi connectivity index (χ3v) is 4.95. The van der Waals surface area contributed by atoms with Crippen molar-refractivity contribution in [2.45, 2.75) is 57.8 Å². The lowest BCUT2D eigenvalue weighted by molar-refractivity contribution is -0.148. The van der Waals surface area contributed by atoms with Gasteiger partial charge < -0.3 is 25.2 Å². The number of unbranched alkanes of at least 4 members (excludes halogenated alkanes) is 3. The van der Waals surface area contributed by atoms with E-state index in [1.54, 1.807) is 24.3 Å². The summed E-state index contributed by atoms with van der Waals surface area (Å²) in [6.45, 7) is -0.445. The van der Waals surface area contributed by atoms with Crippen LogP contribution in [0, 0.1) is 11.8 Å². The molecule has 0 saturated carbocycles. The number of carboxylic acids is 4. The van der Waals surface area contributed by atoms with E-state index in [2.05, 4.69) is 0 Å². The van der Waals surface area contributed by atoms with Crippen molar-refractivity contribution in [1.82, 2.24) is 0 Å². The summed E-state index contributed by atoms with van der Waals surface area (Å²) in [6.07, 6.45) is 4.15. The maximum atomic E-state index is 11.5. The topological polar surface area (TPSA) is 158 Å². The SMILES string of the molecule is O=C(O)CCCCCCC(Cc1ccc(OCC(=O)O)cc1)CC(CC(=O)O)C(=O)O. The van der Waals surface area contributed by atoms with Gasteiger partial charge in [0.25, 0.3) is 0 Å². The van der Waals surface area contributed by atoms with Gasteiger partial charge in [0.15, 0.2) is 6.61 Å². The Morgan fingerprint density at radius 1 is 0.806 bits per heavy atom. The zero-order valence-electron chi connectivity index (χ0n) is 17.4. The van der Waals surface area contributed by atoms with Gasteiger partial charge in [0.05, 0.1) is 12.3 Å². The van der Waals surface area contributed by atoms with Crippen LogP contribution in [0.5, 0.6) is 5.75 Å². The number of aliphatic carboxylic acids is 4. The monoisotopic (exact) mass is 438 g/mol. The van der Waals surface area contributed by atoms with Crippen LogP contribution in [-0.2, 0) is 25.6 Å². The minimum atomic E-state index is -1.15. The summed E-state index contributed by atoms with van der Waals surface area (Å²) in [5, 5.41) is 35.7. The highest BCUT2D eigenvalue weighted by atomic mass is 16.5. The average molecular weight is 438 g/mol. The zero-order valence-corrected chi connectivity index (χ0v) is 17.4. The zero-order chi connectivity index (χ0) is 23.2. The second kappa shape index (κ2) is 14.0. The fourth-order valence-corrected chi connectivity index (χ4v) is 3.45. The molecule has 1 aromatic carbocycles. The minimum Gasteiger partial charge on any atom is -0.482 e. The van der Waals surface area contributed by atoms with Crippen LogP contribution in [0.3, 0.4) is 0 Å². The van der Waals surface area contributed by atoms with Crippen LogP contribution in [0.1, 0.15) is 56.9 Å². The van der Waals surface area contributed by atoms with E-state index in [1.165, 1.54) is 0 Å². The lowest BCUT2D eigenvalue weighted by Gasteiger charge is -2.21. The van der Waals surface area contributed by atoms with Crippen molar-refractivity contribution in [3.05, 3.63) is 29.8 Å². The predicted octanol–water partition coefficient (Wildman–Crippen LogP) is 3.30. The summed E-state index contributed by atoms with van der Waals surface area (Å²) >= 11 is 0. The van der Waals surface area contributed by atoms with Crippen molar-refractivity contribution in [2.24, 2.45) is 11.8 Å². The molecule has 1 aromatic rings. The van der Waals surface area contributed by atoms with E-state index < -0.39 is 42.8 Å². The Morgan fingerprint density at radius 3 is 2.00 bits per heavy atom. The number of hydrogen-bond donors (Lipinski definition) is 4. The highest BCUT2D eigenvalue weighted by Gasteiger charge is 2.25. The molecule has 2 unspecified atom stereocenters. The van der Waals surface area contributed by atoms with Crippen LogP contribution in [-0.4, -0.2) is 50.9 Å². The largest absolute Gasteiger partial charge is 0.482 e. The van der Waals surface area contributed by atoms with Gasteiger partial charge in [-0.25, -0.2) is 4.79 Å². The molecular formula is C22H30O9. The van der Waals surface area contributed by atoms with Crippen molar-refractivity contribution < 1.29 is 44.3 Å². The summed E-state index contributed by atoms with van der Waals surface area (Å²) < 4.78 is 5.10. The van der Waals surface area contributed by atoms with E-state index in [-0.39, 0.29) is 18.8 Å². The van der Waals surface area contributed by atoms with E-state index in [0.717, 1.165) is 24.8 Å². The standard InChI is InChI=1S/C22H30O9/c23-19(24)6-4-2-1-3-5-16(12-17(22(29)30)13-20(25)26)11-15-7-9-18(10-8-15)31-14-21(27)28/h7-10,16-17H,1-6,11-14H2,(H,23,24)(H,25,26)(H,27,28)(H,29,30). The van der Waals surface area contributed by atoms with Crippen molar-refractivity contribution in [2.75, 3.05) is 6.61 Å². The first-order chi connectivity index (χ1) is 14.7. The van der Waals surface area contributed by atoms with Gasteiger partial charge in [-0.15, -0.1) is 0 Å². The normalized spacial score (nSPS) is 12.6. The Morgan fingerprint density at radius 2 is 1.45 bits per heavy atom. The third kappa shape index (κ3) is 12.2. The molecule has 0 amide bonds. The fraction of sp³-hybridized carbons (Fsp3) is 0.545. The predicted molar refractivity (Wildman–Crippen MR) is 110 cm³/mol. The van der Waals surface area contributed by atoms with Crippen LogP contribution < -0.4 is 4.74 Å². The van der Waals surface area contributed by atoms with Crippen molar-refractivity contribution >= 4 is 23.9 Å². The summed E-state index contributed by atoms with van der Waals surface area (Å²) in [6, 6.07) is 6.86. The molecule has 0 aromatic heterocycles. The van der Waals surface area contributed by atoms with E-state index in [9.17, 15) is 24.3 Å². The van der Waals surface area contributed by atoms with Gasteiger partial charge in [0.1, 0.15) is 5.75 Å². The smallest absolute Gasteiger partial charge is 0.341 e. The molecular weight excluding hydrogens is 408 g/mol. The highest BCUT2D eigenvalue weighted by molar-refractivity contribution is 5.77. The lowest BCUT2D eigenvalue weighted by Crippen LogP contribution is -2.22. The molecule has 0 fully saturated rings. The van der Waals surface area contributed by atoms with E-state index in [0.29, 0.717) is 25.0 Å². The molecule has 172 valence electrons. The van der Waals surface area contributed by atoms with Gasteiger partial charge in [-0.05, 0) is 42.9 Å². The molecule has 1 rings (SSSR count). The summed E-state index contributed by atoms with van der Waals surface area (Å²) in [4.78, 5) is 43.7. The first-order valence-corrected chi connectivity index (χ1v) is 10.3. The molecule has 0 heterocycles. The Bertz CT molecular complexity index is 727. The van der Waals surface area contributed by atoms with Gasteiger partial charge in [-0.1, -0.05) is 37.8 Å². The van der Waals surface area contributed by atoms with Crippen molar-refractivity contribution in [3.8, 4) is 5.75 Å². The first kappa shape index (κ1) is 25.9. The molecule has 0 radical (unpaired) electrons. The Balaban J connectivity index is 2.71. The van der Waals surface area contributed by atoms with Crippen molar-refractivity contribution in [1.29, 1.82) is 0 Å². The summed E-state index contributed by atoms with van der Waals surface area (Å²) in [7, 11) is 0. The van der Waals surface area contributed by atoms with E-state index in [4.69, 9.17) is 20.1 Å². The quantitative estimate of drug-likeness (QED) is 0.268. The molecule has 0 aliphatic heterocycles. The molecule has 0 bridgehead atoms. The average Bonchev–Trinajstić information content (AvgIpc) is 2.68. The minimum absolute atomic E-state index is 0.0503. The van der Waals surface area contributed by atoms with Crippen LogP contribution in [0.4, 0.5) is 0 Å². The van der Waals surface area contributed by atoms with E-state index in [1.807, 2.05) is 0 Å². The van der Waals surface area contributed by atoms with Crippen molar-refractivity contribution in [3.63, 3.8) is 0 Å². The van der Waals surface area contributed by atoms with Gasteiger partial charge in [-0.3, -0.25) is 14.4 Å². The molecule has 0 aliphatic rings. The first-order valence-electron chi connectivity index (χ1n) is 10.3. The van der Waals surface area contributed by atoms with E-state index >= 15 is 0 Å². The second-order valence-corrected chi connectivity index (χ2v) is 7.61. The van der Waals surface area contributed by atoms with Crippen LogP contribution in [0.15, 0.2) is 24.3 Å². The molecule has 9 nitrogen and oxygen atoms in total. The van der Waals surface area contributed by atoms with Gasteiger partial charge >= 0.3 is 23.9 Å². The van der Waals surface area contributed by atoms with Crippen LogP contribution in [0.25, 0.3) is 0 Å². The Labute approximate surface area is 180 Å². The van der Waals surface area contributed by atoms with Gasteiger partial charge in [0, 0.05) is 6.42 Å². The number of hydrogen-bond acceptors (Lipinski definition) is 5. The maximum absolute atomic E-state index is 11.5. The molecule has 0 saturated heterocycles. The second-order valence-electron chi connectivity index (χ2n) is 7.61. The molecule has 0 aliphatic carbocycles. The molecule has 31 heavy (non-hydrogen) atoms. The van der Waals surface area contributed by atoms with Crippen LogP contribution in [0.2, 0.25) is 0 Å². The third-order valence-electron chi connectivity index (χ3n) is 4.95. The molecule has 0 spiro atoms. The highest BCUT2D eigenvalue weighted by Crippen LogP contribution is 2.26. The maximum Gasteiger partial charge on any atom is 0.341 e. The number of benzene rings is 1. The van der Waals surface area contributed by atoms with Gasteiger partial charge in [-0.2, -0.15) is 0 Å². The Kier molecular flexibility index (Phi) is 11.7. The summed E-state index contributed by atoms with van der Waals surface area (Å²) in [5.74, 6) is -4.81. The van der Waals surface area contributed by atoms with Gasteiger partial charge in [0.2, 0.25) is 0 Å².